The number of ether oxygens (including phenoxy) is 1. The van der Waals surface area contributed by atoms with Gasteiger partial charge in [-0.15, -0.1) is 11.3 Å². The van der Waals surface area contributed by atoms with Gasteiger partial charge in [0.2, 0.25) is 5.91 Å². The molecule has 0 aliphatic rings. The van der Waals surface area contributed by atoms with Gasteiger partial charge in [-0.05, 0) is 35.6 Å². The van der Waals surface area contributed by atoms with Crippen molar-refractivity contribution in [3.63, 3.8) is 0 Å². The fourth-order valence-electron chi connectivity index (χ4n) is 2.32. The molecule has 0 unspecified atom stereocenters. The number of nitrogens with one attached hydrogen (secondary N) is 2. The minimum Gasteiger partial charge on any atom is -0.381 e. The lowest BCUT2D eigenvalue weighted by Crippen LogP contribution is -2.15. The molecule has 0 aliphatic heterocycles. The van der Waals surface area contributed by atoms with Gasteiger partial charge in [-0.25, -0.2) is 4.98 Å². The first-order chi connectivity index (χ1) is 11.6. The van der Waals surface area contributed by atoms with Crippen LogP contribution in [-0.2, 0) is 9.53 Å². The monoisotopic (exact) mass is 343 g/mol. The van der Waals surface area contributed by atoms with Crippen molar-refractivity contribution in [3.8, 4) is 10.7 Å². The fourth-order valence-corrected chi connectivity index (χ4v) is 2.99. The number of thiophene rings is 1. The number of carbonyl (C=O) groups is 1. The van der Waals surface area contributed by atoms with Gasteiger partial charge in [-0.2, -0.15) is 0 Å². The van der Waals surface area contributed by atoms with E-state index in [1.807, 2.05) is 35.7 Å². The zero-order valence-corrected chi connectivity index (χ0v) is 14.7. The molecule has 2 aromatic heterocycles. The first kappa shape index (κ1) is 16.7. The third kappa shape index (κ3) is 4.21. The fraction of sp³-hybridized carbons (Fsp3) is 0.333. The highest BCUT2D eigenvalue weighted by molar-refractivity contribution is 7.13. The molecule has 1 amide bonds. The molecule has 24 heavy (non-hydrogen) atoms. The first-order valence-corrected chi connectivity index (χ1v) is 8.91. The third-order valence-electron chi connectivity index (χ3n) is 3.44. The number of aromatic nitrogens is 2. The summed E-state index contributed by atoms with van der Waals surface area (Å²) in [6.07, 6.45) is 0.355. The maximum Gasteiger partial charge on any atom is 0.226 e. The van der Waals surface area contributed by atoms with Crippen LogP contribution in [0.15, 0.2) is 35.7 Å². The number of imidazole rings is 1. The number of amides is 1. The van der Waals surface area contributed by atoms with E-state index in [1.54, 1.807) is 11.3 Å². The molecule has 126 valence electrons. The molecule has 0 fully saturated rings. The summed E-state index contributed by atoms with van der Waals surface area (Å²) in [5, 5.41) is 4.93. The Hall–Kier alpha value is -2.18. The Morgan fingerprint density at radius 3 is 3.00 bits per heavy atom. The molecule has 5 nitrogen and oxygen atoms in total. The molecular weight excluding hydrogens is 322 g/mol. The molecule has 0 aliphatic carbocycles. The maximum atomic E-state index is 12.0. The van der Waals surface area contributed by atoms with E-state index in [0.29, 0.717) is 25.6 Å². The molecule has 0 saturated heterocycles. The minimum absolute atomic E-state index is 0.0453. The molecule has 0 bridgehead atoms. The van der Waals surface area contributed by atoms with Crippen molar-refractivity contribution in [2.45, 2.75) is 20.3 Å². The molecule has 3 rings (SSSR count). The standard InChI is InChI=1S/C18H21N3O2S/c1-12(2)11-23-8-7-17(22)19-13-5-6-14-15(10-13)21-18(20-14)16-4-3-9-24-16/h3-6,9-10,12H,7-8,11H2,1-2H3,(H,19,22)(H,20,21). The van der Waals surface area contributed by atoms with Crippen molar-refractivity contribution >= 4 is 34.0 Å². The highest BCUT2D eigenvalue weighted by atomic mass is 32.1. The lowest BCUT2D eigenvalue weighted by molar-refractivity contribution is -0.117. The van der Waals surface area contributed by atoms with Crippen LogP contribution in [0, 0.1) is 5.92 Å². The van der Waals surface area contributed by atoms with Crippen LogP contribution in [0.1, 0.15) is 20.3 Å². The number of aromatic amines is 1. The summed E-state index contributed by atoms with van der Waals surface area (Å²) in [5.41, 5.74) is 2.56. The highest BCUT2D eigenvalue weighted by Gasteiger charge is 2.08. The molecule has 2 heterocycles. The van der Waals surface area contributed by atoms with E-state index in [1.165, 1.54) is 0 Å². The Morgan fingerprint density at radius 1 is 1.38 bits per heavy atom. The van der Waals surface area contributed by atoms with Crippen LogP contribution < -0.4 is 5.32 Å². The van der Waals surface area contributed by atoms with Crippen molar-refractivity contribution < 1.29 is 9.53 Å². The van der Waals surface area contributed by atoms with Crippen molar-refractivity contribution in [3.05, 3.63) is 35.7 Å². The first-order valence-electron chi connectivity index (χ1n) is 8.03. The Balaban J connectivity index is 1.62. The normalized spacial score (nSPS) is 11.3. The van der Waals surface area contributed by atoms with E-state index < -0.39 is 0 Å². The van der Waals surface area contributed by atoms with Gasteiger partial charge >= 0.3 is 0 Å². The number of hydrogen-bond donors (Lipinski definition) is 2. The third-order valence-corrected chi connectivity index (χ3v) is 4.32. The van der Waals surface area contributed by atoms with Crippen LogP contribution in [-0.4, -0.2) is 29.1 Å². The number of hydrogen-bond acceptors (Lipinski definition) is 4. The molecule has 1 aromatic carbocycles. The van der Waals surface area contributed by atoms with Gasteiger partial charge in [0.05, 0.1) is 28.9 Å². The number of rotatable bonds is 7. The van der Waals surface area contributed by atoms with Gasteiger partial charge in [0.25, 0.3) is 0 Å². The maximum absolute atomic E-state index is 12.0. The largest absolute Gasteiger partial charge is 0.381 e. The molecule has 0 radical (unpaired) electrons. The van der Waals surface area contributed by atoms with Gasteiger partial charge in [0.15, 0.2) is 0 Å². The van der Waals surface area contributed by atoms with E-state index in [0.717, 1.165) is 27.4 Å². The lowest BCUT2D eigenvalue weighted by Gasteiger charge is -2.07. The second-order valence-electron chi connectivity index (χ2n) is 6.06. The Labute approximate surface area is 145 Å². The van der Waals surface area contributed by atoms with Crippen molar-refractivity contribution in [2.75, 3.05) is 18.5 Å². The van der Waals surface area contributed by atoms with Gasteiger partial charge < -0.3 is 15.0 Å². The number of H-pyrrole nitrogens is 1. The number of anilines is 1. The average Bonchev–Trinajstić information content (AvgIpc) is 3.19. The van der Waals surface area contributed by atoms with Gasteiger partial charge in [0, 0.05) is 12.3 Å². The van der Waals surface area contributed by atoms with E-state index >= 15 is 0 Å². The molecule has 3 aromatic rings. The molecule has 6 heteroatoms. The van der Waals surface area contributed by atoms with E-state index in [9.17, 15) is 4.79 Å². The summed E-state index contributed by atoms with van der Waals surface area (Å²) < 4.78 is 5.44. The number of carbonyl (C=O) groups excluding carboxylic acids is 1. The predicted octanol–water partition coefficient (Wildman–Crippen LogP) is 4.29. The summed E-state index contributed by atoms with van der Waals surface area (Å²) in [6.45, 7) is 5.30. The Morgan fingerprint density at radius 2 is 2.25 bits per heavy atom. The minimum atomic E-state index is -0.0453. The van der Waals surface area contributed by atoms with Crippen LogP contribution >= 0.6 is 11.3 Å². The Bertz CT molecular complexity index is 809. The molecule has 0 spiro atoms. The van der Waals surface area contributed by atoms with Crippen LogP contribution in [0.3, 0.4) is 0 Å². The smallest absolute Gasteiger partial charge is 0.226 e. The summed E-state index contributed by atoms with van der Waals surface area (Å²) in [7, 11) is 0. The summed E-state index contributed by atoms with van der Waals surface area (Å²) in [5.74, 6) is 1.29. The molecule has 0 saturated carbocycles. The van der Waals surface area contributed by atoms with E-state index in [2.05, 4.69) is 29.1 Å². The SMILES string of the molecule is CC(C)COCCC(=O)Nc1ccc2nc(-c3cccs3)[nH]c2c1. The highest BCUT2D eigenvalue weighted by Crippen LogP contribution is 2.25. The number of nitrogens with zero attached hydrogens (tertiary/aromatic N) is 1. The molecule has 0 atom stereocenters. The van der Waals surface area contributed by atoms with Crippen molar-refractivity contribution in [2.24, 2.45) is 5.92 Å². The quantitative estimate of drug-likeness (QED) is 0.629. The Kier molecular flexibility index (Phi) is 5.27. The lowest BCUT2D eigenvalue weighted by atomic mass is 10.2. The van der Waals surface area contributed by atoms with Crippen LogP contribution in [0.5, 0.6) is 0 Å². The van der Waals surface area contributed by atoms with Crippen molar-refractivity contribution in [1.82, 2.24) is 9.97 Å². The van der Waals surface area contributed by atoms with E-state index in [4.69, 9.17) is 4.74 Å². The molecule has 2 N–H and O–H groups in total. The van der Waals surface area contributed by atoms with Crippen LogP contribution in [0.25, 0.3) is 21.7 Å². The van der Waals surface area contributed by atoms with E-state index in [-0.39, 0.29) is 5.91 Å². The second-order valence-corrected chi connectivity index (χ2v) is 7.01. The van der Waals surface area contributed by atoms with Gasteiger partial charge in [0.1, 0.15) is 5.82 Å². The second kappa shape index (κ2) is 7.59. The summed E-state index contributed by atoms with van der Waals surface area (Å²) >= 11 is 1.64. The average molecular weight is 343 g/mol. The zero-order chi connectivity index (χ0) is 16.9. The topological polar surface area (TPSA) is 67.0 Å². The van der Waals surface area contributed by atoms with Crippen molar-refractivity contribution in [1.29, 1.82) is 0 Å². The number of fused-ring (bicyclic) bond motifs is 1. The molecular formula is C18H21N3O2S. The summed E-state index contributed by atoms with van der Waals surface area (Å²) in [6, 6.07) is 9.72. The predicted molar refractivity (Wildman–Crippen MR) is 98.3 cm³/mol. The van der Waals surface area contributed by atoms with Gasteiger partial charge in [-0.1, -0.05) is 19.9 Å². The van der Waals surface area contributed by atoms with Crippen LogP contribution in [0.2, 0.25) is 0 Å². The zero-order valence-electron chi connectivity index (χ0n) is 13.8. The van der Waals surface area contributed by atoms with Gasteiger partial charge in [-0.3, -0.25) is 4.79 Å². The van der Waals surface area contributed by atoms with Crippen LogP contribution in [0.4, 0.5) is 5.69 Å². The summed E-state index contributed by atoms with van der Waals surface area (Å²) in [4.78, 5) is 20.9. The number of benzene rings is 1.